The number of hydrogen-bond donors (Lipinski definition) is 1. The van der Waals surface area contributed by atoms with E-state index in [0.717, 1.165) is 44.0 Å². The molecule has 3 rings (SSSR count). The van der Waals surface area contributed by atoms with E-state index in [2.05, 4.69) is 20.9 Å². The van der Waals surface area contributed by atoms with Crippen molar-refractivity contribution in [2.75, 3.05) is 13.2 Å². The SMILES string of the molecule is Cn1ccnc1[C@@H](NCc1cccc(C#N)c1)C1CCOCC1. The molecule has 1 aliphatic heterocycles. The average Bonchev–Trinajstić information content (AvgIpc) is 3.02. The van der Waals surface area contributed by atoms with Gasteiger partial charge in [-0.25, -0.2) is 4.98 Å². The molecule has 5 nitrogen and oxygen atoms in total. The molecule has 2 aromatic rings. The van der Waals surface area contributed by atoms with Crippen molar-refractivity contribution >= 4 is 0 Å². The van der Waals surface area contributed by atoms with Gasteiger partial charge in [0.05, 0.1) is 17.7 Å². The Morgan fingerprint density at radius 3 is 2.96 bits per heavy atom. The van der Waals surface area contributed by atoms with Crippen molar-refractivity contribution in [1.29, 1.82) is 5.26 Å². The highest BCUT2D eigenvalue weighted by atomic mass is 16.5. The van der Waals surface area contributed by atoms with E-state index in [0.29, 0.717) is 11.5 Å². The highest BCUT2D eigenvalue weighted by Crippen LogP contribution is 2.29. The Morgan fingerprint density at radius 1 is 1.43 bits per heavy atom. The molecule has 1 atom stereocenters. The summed E-state index contributed by atoms with van der Waals surface area (Å²) in [6.07, 6.45) is 5.92. The number of rotatable bonds is 5. The lowest BCUT2D eigenvalue weighted by Gasteiger charge is -2.30. The Morgan fingerprint density at radius 2 is 2.26 bits per heavy atom. The van der Waals surface area contributed by atoms with Crippen LogP contribution < -0.4 is 5.32 Å². The van der Waals surface area contributed by atoms with Gasteiger partial charge in [0, 0.05) is 39.2 Å². The predicted molar refractivity (Wildman–Crippen MR) is 87.5 cm³/mol. The molecule has 1 saturated heterocycles. The first-order valence-electron chi connectivity index (χ1n) is 8.05. The van der Waals surface area contributed by atoms with E-state index < -0.39 is 0 Å². The fraction of sp³-hybridized carbons (Fsp3) is 0.444. The predicted octanol–water partition coefficient (Wildman–Crippen LogP) is 2.55. The van der Waals surface area contributed by atoms with E-state index >= 15 is 0 Å². The summed E-state index contributed by atoms with van der Waals surface area (Å²) in [6.45, 7) is 2.36. The van der Waals surface area contributed by atoms with Crippen LogP contribution in [0.2, 0.25) is 0 Å². The second-order valence-electron chi connectivity index (χ2n) is 6.02. The summed E-state index contributed by atoms with van der Waals surface area (Å²) < 4.78 is 7.58. The van der Waals surface area contributed by atoms with E-state index in [-0.39, 0.29) is 6.04 Å². The Kier molecular flexibility index (Phi) is 5.06. The smallest absolute Gasteiger partial charge is 0.125 e. The number of benzene rings is 1. The monoisotopic (exact) mass is 310 g/mol. The van der Waals surface area contributed by atoms with Crippen LogP contribution in [-0.2, 0) is 18.3 Å². The molecule has 120 valence electrons. The zero-order chi connectivity index (χ0) is 16.1. The molecule has 0 radical (unpaired) electrons. The molecule has 1 aromatic heterocycles. The lowest BCUT2D eigenvalue weighted by Crippen LogP contribution is -2.33. The lowest BCUT2D eigenvalue weighted by atomic mass is 9.91. The Balaban J connectivity index is 1.75. The second kappa shape index (κ2) is 7.40. The Hall–Kier alpha value is -2.16. The highest BCUT2D eigenvalue weighted by Gasteiger charge is 2.27. The average molecular weight is 310 g/mol. The van der Waals surface area contributed by atoms with Gasteiger partial charge < -0.3 is 14.6 Å². The molecule has 2 heterocycles. The summed E-state index contributed by atoms with van der Waals surface area (Å²) in [5.74, 6) is 1.58. The number of nitrogens with zero attached hydrogens (tertiary/aromatic N) is 3. The van der Waals surface area contributed by atoms with Crippen LogP contribution in [0, 0.1) is 17.2 Å². The summed E-state index contributed by atoms with van der Waals surface area (Å²) in [6, 6.07) is 10.1. The van der Waals surface area contributed by atoms with E-state index in [4.69, 9.17) is 10.00 Å². The normalized spacial score (nSPS) is 16.9. The first-order valence-corrected chi connectivity index (χ1v) is 8.05. The van der Waals surface area contributed by atoms with Gasteiger partial charge in [-0.05, 0) is 36.5 Å². The third-order valence-electron chi connectivity index (χ3n) is 4.46. The van der Waals surface area contributed by atoms with Gasteiger partial charge in [-0.1, -0.05) is 12.1 Å². The van der Waals surface area contributed by atoms with Gasteiger partial charge in [0.2, 0.25) is 0 Å². The second-order valence-corrected chi connectivity index (χ2v) is 6.02. The largest absolute Gasteiger partial charge is 0.381 e. The number of nitriles is 1. The summed E-state index contributed by atoms with van der Waals surface area (Å²) in [5, 5.41) is 12.7. The number of aryl methyl sites for hydroxylation is 1. The third kappa shape index (κ3) is 3.79. The molecule has 1 N–H and O–H groups in total. The molecule has 0 spiro atoms. The minimum absolute atomic E-state index is 0.199. The van der Waals surface area contributed by atoms with Crippen LogP contribution in [0.25, 0.3) is 0 Å². The molecule has 0 bridgehead atoms. The maximum Gasteiger partial charge on any atom is 0.125 e. The minimum atomic E-state index is 0.199. The molecule has 1 aromatic carbocycles. The van der Waals surface area contributed by atoms with Gasteiger partial charge in [-0.2, -0.15) is 5.26 Å². The van der Waals surface area contributed by atoms with Crippen molar-refractivity contribution in [3.63, 3.8) is 0 Å². The molecular formula is C18H22N4O. The van der Waals surface area contributed by atoms with Crippen LogP contribution in [0.3, 0.4) is 0 Å². The summed E-state index contributed by atoms with van der Waals surface area (Å²) in [4.78, 5) is 4.54. The van der Waals surface area contributed by atoms with E-state index in [1.54, 1.807) is 0 Å². The number of aromatic nitrogens is 2. The number of hydrogen-bond acceptors (Lipinski definition) is 4. The first-order chi connectivity index (χ1) is 11.3. The molecular weight excluding hydrogens is 288 g/mol. The van der Waals surface area contributed by atoms with Crippen molar-refractivity contribution in [2.45, 2.75) is 25.4 Å². The molecule has 23 heavy (non-hydrogen) atoms. The zero-order valence-corrected chi connectivity index (χ0v) is 13.4. The van der Waals surface area contributed by atoms with Crippen LogP contribution in [0.4, 0.5) is 0 Å². The van der Waals surface area contributed by atoms with Crippen molar-refractivity contribution in [3.05, 3.63) is 53.6 Å². The first kappa shape index (κ1) is 15.7. The van der Waals surface area contributed by atoms with Crippen LogP contribution in [0.5, 0.6) is 0 Å². The van der Waals surface area contributed by atoms with Crippen molar-refractivity contribution in [2.24, 2.45) is 13.0 Å². The molecule has 0 amide bonds. The van der Waals surface area contributed by atoms with Crippen molar-refractivity contribution in [3.8, 4) is 6.07 Å². The Labute approximate surface area is 136 Å². The molecule has 1 aliphatic rings. The lowest BCUT2D eigenvalue weighted by molar-refractivity contribution is 0.0518. The van der Waals surface area contributed by atoms with E-state index in [1.165, 1.54) is 0 Å². The summed E-state index contributed by atoms with van der Waals surface area (Å²) in [5.41, 5.74) is 1.82. The maximum absolute atomic E-state index is 9.03. The standard InChI is InChI=1S/C18H22N4O/c1-22-8-7-20-18(22)17(16-5-9-23-10-6-16)21-13-15-4-2-3-14(11-15)12-19/h2-4,7-8,11,16-17,21H,5-6,9-10,13H2,1H3/t17-/m0/s1. The van der Waals surface area contributed by atoms with Gasteiger partial charge in [0.25, 0.3) is 0 Å². The highest BCUT2D eigenvalue weighted by molar-refractivity contribution is 5.32. The van der Waals surface area contributed by atoms with Gasteiger partial charge in [-0.15, -0.1) is 0 Å². The molecule has 0 unspecified atom stereocenters. The third-order valence-corrected chi connectivity index (χ3v) is 4.46. The molecule has 0 aliphatic carbocycles. The summed E-state index contributed by atoms with van der Waals surface area (Å²) >= 11 is 0. The Bertz CT molecular complexity index is 682. The molecule has 1 fully saturated rings. The van der Waals surface area contributed by atoms with Crippen LogP contribution in [0.1, 0.15) is 35.8 Å². The number of ether oxygens (including phenoxy) is 1. The maximum atomic E-state index is 9.03. The van der Waals surface area contributed by atoms with Gasteiger partial charge in [0.15, 0.2) is 0 Å². The van der Waals surface area contributed by atoms with Gasteiger partial charge >= 0.3 is 0 Å². The molecule has 0 saturated carbocycles. The van der Waals surface area contributed by atoms with E-state index in [1.807, 2.05) is 43.7 Å². The van der Waals surface area contributed by atoms with Crippen molar-refractivity contribution in [1.82, 2.24) is 14.9 Å². The van der Waals surface area contributed by atoms with E-state index in [9.17, 15) is 0 Å². The molecule has 5 heteroatoms. The fourth-order valence-electron chi connectivity index (χ4n) is 3.17. The minimum Gasteiger partial charge on any atom is -0.381 e. The van der Waals surface area contributed by atoms with Crippen LogP contribution in [0.15, 0.2) is 36.7 Å². The van der Waals surface area contributed by atoms with Gasteiger partial charge in [-0.3, -0.25) is 0 Å². The van der Waals surface area contributed by atoms with Gasteiger partial charge in [0.1, 0.15) is 5.82 Å². The fourth-order valence-corrected chi connectivity index (χ4v) is 3.17. The topological polar surface area (TPSA) is 62.9 Å². The van der Waals surface area contributed by atoms with Crippen LogP contribution >= 0.6 is 0 Å². The zero-order valence-electron chi connectivity index (χ0n) is 13.4. The van der Waals surface area contributed by atoms with Crippen molar-refractivity contribution < 1.29 is 4.74 Å². The quantitative estimate of drug-likeness (QED) is 0.922. The number of nitrogens with one attached hydrogen (secondary N) is 1. The van der Waals surface area contributed by atoms with Crippen LogP contribution in [-0.4, -0.2) is 22.8 Å². The summed E-state index contributed by atoms with van der Waals surface area (Å²) in [7, 11) is 2.03. The number of imidazole rings is 1.